The van der Waals surface area contributed by atoms with Gasteiger partial charge in [-0.05, 0) is 30.5 Å². The van der Waals surface area contributed by atoms with Crippen molar-refractivity contribution in [2.24, 2.45) is 10.9 Å². The maximum Gasteiger partial charge on any atom is 0.237 e. The maximum atomic E-state index is 6.23. The summed E-state index contributed by atoms with van der Waals surface area (Å²) in [5.41, 5.74) is 4.67. The largest absolute Gasteiger partial charge is 0.474 e. The molecule has 3 aromatic rings. The summed E-state index contributed by atoms with van der Waals surface area (Å²) >= 11 is 6.23. The van der Waals surface area contributed by atoms with E-state index in [1.807, 2.05) is 24.5 Å². The van der Waals surface area contributed by atoms with Crippen LogP contribution >= 0.6 is 11.6 Å². The molecule has 27 heavy (non-hydrogen) atoms. The Balaban J connectivity index is 1.63. The molecular formula is C20H19ClN4O2. The Morgan fingerprint density at radius 2 is 2.22 bits per heavy atom. The van der Waals surface area contributed by atoms with Crippen LogP contribution in [0.25, 0.3) is 17.0 Å². The molecule has 0 bridgehead atoms. The summed E-state index contributed by atoms with van der Waals surface area (Å²) in [7, 11) is 0. The number of nitrogens with zero attached hydrogens (tertiary/aromatic N) is 4. The average Bonchev–Trinajstić information content (AvgIpc) is 3.34. The minimum atomic E-state index is 0.195. The molecule has 1 aromatic carbocycles. The summed E-state index contributed by atoms with van der Waals surface area (Å²) < 4.78 is 13.5. The van der Waals surface area contributed by atoms with Gasteiger partial charge in [0.1, 0.15) is 18.6 Å². The lowest BCUT2D eigenvalue weighted by Crippen LogP contribution is -2.09. The van der Waals surface area contributed by atoms with Gasteiger partial charge in [0, 0.05) is 22.6 Å². The van der Waals surface area contributed by atoms with Crippen LogP contribution in [0.15, 0.2) is 40.2 Å². The third-order valence-corrected chi connectivity index (χ3v) is 5.22. The lowest BCUT2D eigenvalue weighted by Gasteiger charge is -2.09. The van der Waals surface area contributed by atoms with Crippen molar-refractivity contribution >= 4 is 17.5 Å². The van der Waals surface area contributed by atoms with Crippen LogP contribution in [-0.4, -0.2) is 33.3 Å². The zero-order chi connectivity index (χ0) is 18.5. The number of aliphatic imine (C=N–C) groups is 1. The van der Waals surface area contributed by atoms with Gasteiger partial charge in [-0.15, -0.1) is 0 Å². The topological polar surface area (TPSA) is 65.4 Å². The molecule has 0 N–H and O–H groups in total. The Morgan fingerprint density at radius 1 is 1.33 bits per heavy atom. The van der Waals surface area contributed by atoms with E-state index in [2.05, 4.69) is 28.6 Å². The molecule has 7 heteroatoms. The summed E-state index contributed by atoms with van der Waals surface area (Å²) in [6.45, 7) is 5.02. The van der Waals surface area contributed by atoms with Crippen molar-refractivity contribution in [2.75, 3.05) is 6.61 Å². The van der Waals surface area contributed by atoms with Crippen LogP contribution in [0, 0.1) is 5.92 Å². The summed E-state index contributed by atoms with van der Waals surface area (Å²) in [6, 6.07) is 5.94. The number of benzene rings is 1. The van der Waals surface area contributed by atoms with Gasteiger partial charge in [-0.1, -0.05) is 30.6 Å². The lowest BCUT2D eigenvalue weighted by atomic mass is 10.1. The molecule has 4 heterocycles. The molecule has 2 aliphatic rings. The molecule has 6 nitrogen and oxygen atoms in total. The normalized spacial score (nSPS) is 17.8. The SMILES string of the molecule is CC(C)C[C@@H]1COC(c2ncn3c2Cc2cnoc2-c2cc(Cl)ccc2-3)=N1. The second-order valence-electron chi connectivity index (χ2n) is 7.46. The van der Waals surface area contributed by atoms with E-state index in [1.165, 1.54) is 0 Å². The first-order valence-corrected chi connectivity index (χ1v) is 9.49. The molecule has 5 rings (SSSR count). The number of imidazole rings is 1. The molecule has 0 radical (unpaired) electrons. The van der Waals surface area contributed by atoms with E-state index in [-0.39, 0.29) is 6.04 Å². The lowest BCUT2D eigenvalue weighted by molar-refractivity contribution is 0.301. The van der Waals surface area contributed by atoms with Crippen molar-refractivity contribution in [3.05, 3.63) is 52.7 Å². The molecule has 0 aliphatic carbocycles. The van der Waals surface area contributed by atoms with Crippen LogP contribution in [-0.2, 0) is 11.2 Å². The number of hydrogen-bond donors (Lipinski definition) is 0. The molecule has 2 aromatic heterocycles. The number of aromatic nitrogens is 3. The highest BCUT2D eigenvalue weighted by atomic mass is 35.5. The first-order valence-electron chi connectivity index (χ1n) is 9.11. The highest BCUT2D eigenvalue weighted by molar-refractivity contribution is 6.31. The first-order chi connectivity index (χ1) is 13.1. The Hall–Kier alpha value is -2.60. The van der Waals surface area contributed by atoms with Crippen molar-refractivity contribution < 1.29 is 9.26 Å². The summed E-state index contributed by atoms with van der Waals surface area (Å²) in [5.74, 6) is 1.95. The van der Waals surface area contributed by atoms with Gasteiger partial charge in [-0.25, -0.2) is 9.98 Å². The fourth-order valence-electron chi connectivity index (χ4n) is 3.83. The monoisotopic (exact) mass is 382 g/mol. The van der Waals surface area contributed by atoms with Gasteiger partial charge in [-0.3, -0.25) is 0 Å². The van der Waals surface area contributed by atoms with E-state index in [0.717, 1.165) is 40.4 Å². The second-order valence-corrected chi connectivity index (χ2v) is 7.89. The Bertz CT molecular complexity index is 1050. The van der Waals surface area contributed by atoms with Crippen LogP contribution in [0.2, 0.25) is 5.02 Å². The van der Waals surface area contributed by atoms with E-state index < -0.39 is 0 Å². The van der Waals surface area contributed by atoms with Crippen molar-refractivity contribution in [2.45, 2.75) is 32.7 Å². The number of fused-ring (bicyclic) bond motifs is 5. The van der Waals surface area contributed by atoms with Crippen molar-refractivity contribution in [1.29, 1.82) is 0 Å². The Labute approximate surface area is 161 Å². The third kappa shape index (κ3) is 2.75. The molecule has 2 aliphatic heterocycles. The smallest absolute Gasteiger partial charge is 0.237 e. The second kappa shape index (κ2) is 6.23. The van der Waals surface area contributed by atoms with E-state index in [4.69, 9.17) is 25.9 Å². The number of ether oxygens (including phenoxy) is 1. The fourth-order valence-corrected chi connectivity index (χ4v) is 4.00. The number of hydrogen-bond acceptors (Lipinski definition) is 5. The Kier molecular flexibility index (Phi) is 3.82. The van der Waals surface area contributed by atoms with Crippen LogP contribution in [0.1, 0.15) is 37.2 Å². The van der Waals surface area contributed by atoms with Crippen molar-refractivity contribution in [1.82, 2.24) is 14.7 Å². The molecule has 0 saturated carbocycles. The molecule has 0 unspecified atom stereocenters. The Morgan fingerprint density at radius 3 is 3.07 bits per heavy atom. The average molecular weight is 383 g/mol. The van der Waals surface area contributed by atoms with Crippen LogP contribution in [0.4, 0.5) is 0 Å². The van der Waals surface area contributed by atoms with E-state index in [9.17, 15) is 0 Å². The van der Waals surface area contributed by atoms with Gasteiger partial charge >= 0.3 is 0 Å². The predicted octanol–water partition coefficient (Wildman–Crippen LogP) is 4.28. The maximum absolute atomic E-state index is 6.23. The minimum Gasteiger partial charge on any atom is -0.474 e. The summed E-state index contributed by atoms with van der Waals surface area (Å²) in [6.07, 6.45) is 5.22. The van der Waals surface area contributed by atoms with E-state index >= 15 is 0 Å². The van der Waals surface area contributed by atoms with Gasteiger partial charge in [-0.2, -0.15) is 0 Å². The zero-order valence-corrected chi connectivity index (χ0v) is 15.9. The molecule has 0 amide bonds. The van der Waals surface area contributed by atoms with E-state index in [1.54, 1.807) is 6.20 Å². The predicted molar refractivity (Wildman–Crippen MR) is 103 cm³/mol. The highest BCUT2D eigenvalue weighted by Crippen LogP contribution is 2.37. The van der Waals surface area contributed by atoms with Gasteiger partial charge in [0.05, 0.1) is 23.6 Å². The van der Waals surface area contributed by atoms with Crippen LogP contribution in [0.3, 0.4) is 0 Å². The molecule has 138 valence electrons. The molecule has 0 spiro atoms. The van der Waals surface area contributed by atoms with Gasteiger partial charge < -0.3 is 13.8 Å². The van der Waals surface area contributed by atoms with Crippen molar-refractivity contribution in [3.8, 4) is 17.0 Å². The molecule has 0 saturated heterocycles. The van der Waals surface area contributed by atoms with E-state index in [0.29, 0.717) is 29.9 Å². The molecular weight excluding hydrogens is 364 g/mol. The van der Waals surface area contributed by atoms with Crippen LogP contribution < -0.4 is 0 Å². The number of halogens is 1. The molecule has 0 fully saturated rings. The quantitative estimate of drug-likeness (QED) is 0.530. The summed E-state index contributed by atoms with van der Waals surface area (Å²) in [4.78, 5) is 9.42. The van der Waals surface area contributed by atoms with Gasteiger partial charge in [0.25, 0.3) is 0 Å². The summed E-state index contributed by atoms with van der Waals surface area (Å²) in [5, 5.41) is 4.65. The van der Waals surface area contributed by atoms with Gasteiger partial charge in [0.2, 0.25) is 5.90 Å². The minimum absolute atomic E-state index is 0.195. The third-order valence-electron chi connectivity index (χ3n) is 4.99. The standard InChI is InChI=1S/C20H19ClN4O2/c1-11(2)5-14-9-26-20(24-14)18-17-6-12-8-23-27-19(12)15-7-13(21)3-4-16(15)25(17)10-22-18/h3-4,7-8,10-11,14H,5-6,9H2,1-2H3/t14-/m1/s1. The van der Waals surface area contributed by atoms with Gasteiger partial charge in [0.15, 0.2) is 5.76 Å². The van der Waals surface area contributed by atoms with Crippen LogP contribution in [0.5, 0.6) is 0 Å². The first kappa shape index (κ1) is 16.6. The number of rotatable bonds is 3. The van der Waals surface area contributed by atoms with Crippen molar-refractivity contribution in [3.63, 3.8) is 0 Å². The molecule has 1 atom stereocenters. The zero-order valence-electron chi connectivity index (χ0n) is 15.1. The fraction of sp³-hybridized carbons (Fsp3) is 0.350. The highest BCUT2D eigenvalue weighted by Gasteiger charge is 2.30.